The second-order valence-electron chi connectivity index (χ2n) is 5.85. The van der Waals surface area contributed by atoms with Gasteiger partial charge in [-0.1, -0.05) is 36.4 Å². The highest BCUT2D eigenvalue weighted by Gasteiger charge is 2.85. The molecule has 0 spiro atoms. The van der Waals surface area contributed by atoms with E-state index in [0.29, 0.717) is 0 Å². The Bertz CT molecular complexity index is 1070. The first-order valence-corrected chi connectivity index (χ1v) is 9.95. The molecule has 3 nitrogen and oxygen atoms in total. The van der Waals surface area contributed by atoms with Crippen LogP contribution in [0.4, 0.5) is 39.5 Å². The zero-order valence-electron chi connectivity index (χ0n) is 14.0. The average molecular weight is 578 g/mol. The predicted molar refractivity (Wildman–Crippen MR) is 96.0 cm³/mol. The van der Waals surface area contributed by atoms with Crippen LogP contribution >= 0.6 is 22.6 Å². The molecule has 0 amide bonds. The second kappa shape index (κ2) is 7.55. The fraction of sp³-hybridized carbons (Fsp3) is 0.250. The van der Waals surface area contributed by atoms with Gasteiger partial charge in [-0.25, -0.2) is 0 Å². The highest BCUT2D eigenvalue weighted by Crippen LogP contribution is 2.54. The van der Waals surface area contributed by atoms with Crippen molar-refractivity contribution in [2.24, 2.45) is 0 Å². The van der Waals surface area contributed by atoms with Gasteiger partial charge < -0.3 is 0 Å². The van der Waals surface area contributed by atoms with E-state index in [9.17, 15) is 47.9 Å². The van der Waals surface area contributed by atoms with E-state index >= 15 is 0 Å². The quantitative estimate of drug-likeness (QED) is 0.228. The number of benzene rings is 2. The van der Waals surface area contributed by atoms with E-state index in [1.165, 1.54) is 25.8 Å². The van der Waals surface area contributed by atoms with Crippen LogP contribution in [0.5, 0.6) is 0 Å². The number of halogens is 10. The first kappa shape index (κ1) is 24.7. The van der Waals surface area contributed by atoms with E-state index in [1.807, 2.05) is 0 Å². The summed E-state index contributed by atoms with van der Waals surface area (Å²) < 4.78 is 135. The maximum absolute atomic E-state index is 12.2. The van der Waals surface area contributed by atoms with E-state index < -0.39 is 33.4 Å². The Balaban J connectivity index is 0.000000218. The minimum atomic E-state index is -7.37. The molecule has 30 heavy (non-hydrogen) atoms. The summed E-state index contributed by atoms with van der Waals surface area (Å²) in [5.41, 5.74) is 5.64. The fourth-order valence-corrected chi connectivity index (χ4v) is 3.66. The van der Waals surface area contributed by atoms with Crippen LogP contribution in [0.1, 0.15) is 0 Å². The molecule has 14 heteroatoms. The molecule has 2 aromatic carbocycles. The summed E-state index contributed by atoms with van der Waals surface area (Å²) in [5.74, 6) is -14.7. The minimum absolute atomic E-state index is 1.36. The Morgan fingerprint density at radius 3 is 1.63 bits per heavy atom. The van der Waals surface area contributed by atoms with E-state index in [0.717, 1.165) is 0 Å². The molecule has 0 aliphatic heterocycles. The van der Waals surface area contributed by atoms with Crippen molar-refractivity contribution < 1.29 is 52.5 Å². The van der Waals surface area contributed by atoms with Crippen molar-refractivity contribution in [1.82, 2.24) is 0 Å². The number of hydrogen-bond acceptors (Lipinski definition) is 2. The van der Waals surface area contributed by atoms with E-state index in [2.05, 4.69) is 65.1 Å². The monoisotopic (exact) mass is 578 g/mol. The SMILES string of the molecule is Ic1cccc2c1-c1ccccc1-2.O=S(=O)(O)C(F)(F)C(F)(F)C(F)(F)C(F)(F)F. The van der Waals surface area contributed by atoms with Crippen LogP contribution in [0.15, 0.2) is 42.5 Å². The fourth-order valence-electron chi connectivity index (χ4n) is 2.42. The summed E-state index contributed by atoms with van der Waals surface area (Å²) in [6.45, 7) is 0. The lowest BCUT2D eigenvalue weighted by Gasteiger charge is -2.31. The highest BCUT2D eigenvalue weighted by atomic mass is 127. The summed E-state index contributed by atoms with van der Waals surface area (Å²) in [4.78, 5) is 0. The summed E-state index contributed by atoms with van der Waals surface area (Å²) in [6, 6.07) is 15.1. The second-order valence-corrected chi connectivity index (χ2v) is 8.47. The molecule has 0 heterocycles. The van der Waals surface area contributed by atoms with Gasteiger partial charge in [0.1, 0.15) is 0 Å². The first-order valence-electron chi connectivity index (χ1n) is 7.43. The Hall–Kier alpha value is -1.55. The van der Waals surface area contributed by atoms with Crippen molar-refractivity contribution in [3.63, 3.8) is 0 Å². The van der Waals surface area contributed by atoms with Crippen molar-refractivity contribution in [2.75, 3.05) is 0 Å². The van der Waals surface area contributed by atoms with E-state index in [4.69, 9.17) is 4.55 Å². The van der Waals surface area contributed by atoms with Crippen molar-refractivity contribution >= 4 is 32.7 Å². The summed E-state index contributed by atoms with van der Waals surface area (Å²) in [6.07, 6.45) is -7.13. The molecule has 0 unspecified atom stereocenters. The van der Waals surface area contributed by atoms with Gasteiger partial charge in [-0.05, 0) is 45.3 Å². The minimum Gasteiger partial charge on any atom is -0.281 e. The number of alkyl halides is 9. The van der Waals surface area contributed by atoms with Crippen LogP contribution in [0.25, 0.3) is 22.3 Å². The number of hydrogen-bond donors (Lipinski definition) is 1. The lowest BCUT2D eigenvalue weighted by atomic mass is 9.81. The topological polar surface area (TPSA) is 54.4 Å². The molecule has 1 N–H and O–H groups in total. The molecule has 1 aliphatic carbocycles. The number of fused-ring (bicyclic) bond motifs is 4. The molecule has 0 bridgehead atoms. The molecule has 0 aromatic heterocycles. The normalized spacial score (nSPS) is 14.1. The van der Waals surface area contributed by atoms with Gasteiger partial charge in [0.15, 0.2) is 0 Å². The summed E-state index contributed by atoms with van der Waals surface area (Å²) >= 11 is 2.40. The zero-order chi connectivity index (χ0) is 23.3. The third-order valence-electron chi connectivity index (χ3n) is 3.94. The summed E-state index contributed by atoms with van der Waals surface area (Å²) in [7, 11) is -7.17. The standard InChI is InChI=1S/C12H7I.C4HF9O3S/c13-11-7-3-6-10-8-4-1-2-5-9(8)12(10)11;5-1(6,3(9,10)11)2(7,8)4(12,13)17(14,15)16/h1-7H;(H,14,15,16). The molecule has 0 saturated heterocycles. The van der Waals surface area contributed by atoms with Crippen LogP contribution < -0.4 is 0 Å². The Labute approximate surface area is 176 Å². The van der Waals surface area contributed by atoms with Gasteiger partial charge in [-0.15, -0.1) is 0 Å². The Kier molecular flexibility index (Phi) is 6.22. The lowest BCUT2D eigenvalue weighted by Crippen LogP contribution is -2.63. The molecule has 0 radical (unpaired) electrons. The van der Waals surface area contributed by atoms with Gasteiger partial charge in [0, 0.05) is 9.13 Å². The van der Waals surface area contributed by atoms with Gasteiger partial charge in [0.25, 0.3) is 0 Å². The third kappa shape index (κ3) is 3.77. The largest absolute Gasteiger partial charge is 0.460 e. The third-order valence-corrected chi connectivity index (χ3v) is 5.74. The first-order chi connectivity index (χ1) is 13.4. The molecule has 0 fully saturated rings. The highest BCUT2D eigenvalue weighted by molar-refractivity contribution is 14.1. The van der Waals surface area contributed by atoms with Crippen molar-refractivity contribution in [3.05, 3.63) is 46.0 Å². The van der Waals surface area contributed by atoms with Gasteiger partial charge in [-0.2, -0.15) is 47.9 Å². The zero-order valence-corrected chi connectivity index (χ0v) is 17.0. The van der Waals surface area contributed by atoms with Gasteiger partial charge in [0.2, 0.25) is 0 Å². The summed E-state index contributed by atoms with van der Waals surface area (Å²) in [5, 5.41) is -7.00. The van der Waals surface area contributed by atoms with Gasteiger partial charge in [-0.3, -0.25) is 4.55 Å². The number of rotatable bonds is 3. The van der Waals surface area contributed by atoms with Crippen LogP contribution in [-0.4, -0.2) is 36.2 Å². The van der Waals surface area contributed by atoms with Crippen molar-refractivity contribution in [3.8, 4) is 22.3 Å². The molecule has 0 saturated carbocycles. The van der Waals surface area contributed by atoms with Crippen LogP contribution in [0, 0.1) is 3.57 Å². The smallest absolute Gasteiger partial charge is 0.281 e. The maximum Gasteiger partial charge on any atom is 0.460 e. The molecule has 166 valence electrons. The maximum atomic E-state index is 12.2. The molecular formula is C16H8F9IO3S. The predicted octanol–water partition coefficient (Wildman–Crippen LogP) is 6.24. The van der Waals surface area contributed by atoms with Crippen LogP contribution in [-0.2, 0) is 10.1 Å². The Morgan fingerprint density at radius 2 is 1.17 bits per heavy atom. The molecule has 0 atom stereocenters. The molecule has 1 aliphatic rings. The lowest BCUT2D eigenvalue weighted by molar-refractivity contribution is -0.382. The molecule has 3 rings (SSSR count). The van der Waals surface area contributed by atoms with Gasteiger partial charge in [0.05, 0.1) is 0 Å². The van der Waals surface area contributed by atoms with E-state index in [1.54, 1.807) is 0 Å². The van der Waals surface area contributed by atoms with Gasteiger partial charge >= 0.3 is 33.4 Å². The molecular weight excluding hydrogens is 570 g/mol. The molecule has 2 aromatic rings. The van der Waals surface area contributed by atoms with Crippen molar-refractivity contribution in [2.45, 2.75) is 23.3 Å². The Morgan fingerprint density at radius 1 is 0.700 bits per heavy atom. The van der Waals surface area contributed by atoms with E-state index in [-0.39, 0.29) is 0 Å². The van der Waals surface area contributed by atoms with Crippen LogP contribution in [0.3, 0.4) is 0 Å². The average Bonchev–Trinajstić information content (AvgIpc) is 2.57. The van der Waals surface area contributed by atoms with Crippen LogP contribution in [0.2, 0.25) is 0 Å². The van der Waals surface area contributed by atoms with Crippen molar-refractivity contribution in [1.29, 1.82) is 0 Å².